The van der Waals surface area contributed by atoms with Crippen LogP contribution in [-0.2, 0) is 14.2 Å². The quantitative estimate of drug-likeness (QED) is 0.0377. The number of rotatable bonds is 36. The highest BCUT2D eigenvalue weighted by atomic mass is 16.7. The van der Waals surface area contributed by atoms with Crippen LogP contribution in [0.4, 0.5) is 9.59 Å². The van der Waals surface area contributed by atoms with Crippen LogP contribution < -0.4 is 0 Å². The third kappa shape index (κ3) is 20.5. The fourth-order valence-electron chi connectivity index (χ4n) is 8.84. The Bertz CT molecular complexity index is 796. The van der Waals surface area contributed by atoms with Gasteiger partial charge in [-0.1, -0.05) is 206 Å². The van der Waals surface area contributed by atoms with Crippen molar-refractivity contribution in [1.29, 1.82) is 0 Å². The van der Waals surface area contributed by atoms with Crippen LogP contribution in [0, 0.1) is 0 Å². The van der Waals surface area contributed by atoms with E-state index in [1.165, 1.54) is 167 Å². The molecular weight excluding hydrogens is 640 g/mol. The molecule has 1 saturated heterocycles. The van der Waals surface area contributed by atoms with Gasteiger partial charge in [-0.25, -0.2) is 9.59 Å². The Kier molecular flexibility index (Phi) is 25.9. The SMILES string of the molecule is CCCCCCCCCCCCCCCCCCC1(OC(=O)O)CC2OC2CC1(CCCCCCCCCCCCCCCCCC)OC(=O)O. The minimum absolute atomic E-state index is 0.0678. The highest BCUT2D eigenvalue weighted by Gasteiger charge is 2.67. The Morgan fingerprint density at radius 3 is 0.863 bits per heavy atom. The van der Waals surface area contributed by atoms with E-state index >= 15 is 0 Å². The first-order chi connectivity index (χ1) is 24.9. The molecule has 4 unspecified atom stereocenters. The van der Waals surface area contributed by atoms with E-state index in [4.69, 9.17) is 14.2 Å². The maximum absolute atomic E-state index is 12.1. The van der Waals surface area contributed by atoms with Gasteiger partial charge in [-0.05, 0) is 25.7 Å². The van der Waals surface area contributed by atoms with Gasteiger partial charge >= 0.3 is 12.3 Å². The molecule has 2 aliphatic rings. The second kappa shape index (κ2) is 28.9. The van der Waals surface area contributed by atoms with Gasteiger partial charge < -0.3 is 24.4 Å². The summed E-state index contributed by atoms with van der Waals surface area (Å²) in [6.45, 7) is 4.54. The second-order valence-corrected chi connectivity index (χ2v) is 16.5. The molecule has 7 heteroatoms. The highest BCUT2D eigenvalue weighted by Crippen LogP contribution is 2.55. The largest absolute Gasteiger partial charge is 0.506 e. The van der Waals surface area contributed by atoms with Gasteiger partial charge in [0.15, 0.2) is 11.2 Å². The molecule has 1 aliphatic carbocycles. The maximum atomic E-state index is 12.1. The lowest BCUT2D eigenvalue weighted by Gasteiger charge is -2.49. The van der Waals surface area contributed by atoms with Gasteiger partial charge in [0.2, 0.25) is 0 Å². The van der Waals surface area contributed by atoms with Crippen molar-refractivity contribution >= 4 is 12.3 Å². The first kappa shape index (κ1) is 45.7. The summed E-state index contributed by atoms with van der Waals surface area (Å²) in [6.07, 6.45) is 39.5. The van der Waals surface area contributed by atoms with Crippen LogP contribution in [0.25, 0.3) is 0 Å². The lowest BCUT2D eigenvalue weighted by molar-refractivity contribution is -0.192. The predicted octanol–water partition coefficient (Wildman–Crippen LogP) is 14.7. The minimum atomic E-state index is -1.35. The van der Waals surface area contributed by atoms with Crippen LogP contribution in [0.5, 0.6) is 0 Å². The minimum Gasteiger partial charge on any atom is -0.450 e. The third-order valence-corrected chi connectivity index (χ3v) is 12.0. The fraction of sp³-hybridized carbons (Fsp3) is 0.955. The maximum Gasteiger partial charge on any atom is 0.506 e. The molecule has 4 atom stereocenters. The summed E-state index contributed by atoms with van der Waals surface area (Å²) in [6, 6.07) is 0. The van der Waals surface area contributed by atoms with Crippen molar-refractivity contribution in [3.05, 3.63) is 0 Å². The van der Waals surface area contributed by atoms with Crippen molar-refractivity contribution in [3.8, 4) is 0 Å². The first-order valence-corrected chi connectivity index (χ1v) is 22.4. The van der Waals surface area contributed by atoms with Gasteiger partial charge in [0, 0.05) is 12.8 Å². The van der Waals surface area contributed by atoms with Crippen molar-refractivity contribution in [2.24, 2.45) is 0 Å². The molecule has 0 aromatic heterocycles. The number of carbonyl (C=O) groups is 2. The molecule has 1 saturated carbocycles. The Hall–Kier alpha value is -1.50. The molecule has 0 radical (unpaired) electrons. The highest BCUT2D eigenvalue weighted by molar-refractivity contribution is 5.60. The van der Waals surface area contributed by atoms with Crippen LogP contribution in [-0.4, -0.2) is 45.9 Å². The number of hydrogen-bond donors (Lipinski definition) is 2. The molecule has 0 bridgehead atoms. The van der Waals surface area contributed by atoms with Gasteiger partial charge in [0.25, 0.3) is 0 Å². The number of unbranched alkanes of at least 4 members (excludes halogenated alkanes) is 30. The molecule has 1 heterocycles. The molecule has 7 nitrogen and oxygen atoms in total. The Morgan fingerprint density at radius 2 is 0.647 bits per heavy atom. The molecule has 51 heavy (non-hydrogen) atoms. The second-order valence-electron chi connectivity index (χ2n) is 16.5. The smallest absolute Gasteiger partial charge is 0.450 e. The van der Waals surface area contributed by atoms with Crippen LogP contribution in [0.15, 0.2) is 0 Å². The van der Waals surface area contributed by atoms with Gasteiger partial charge in [0.05, 0.1) is 12.2 Å². The summed E-state index contributed by atoms with van der Waals surface area (Å²) in [5, 5.41) is 19.8. The molecule has 300 valence electrons. The summed E-state index contributed by atoms with van der Waals surface area (Å²) < 4.78 is 17.4. The van der Waals surface area contributed by atoms with Crippen molar-refractivity contribution in [1.82, 2.24) is 0 Å². The summed E-state index contributed by atoms with van der Waals surface area (Å²) >= 11 is 0. The summed E-state index contributed by atoms with van der Waals surface area (Å²) in [5.74, 6) is 0. The van der Waals surface area contributed by atoms with E-state index in [1.807, 2.05) is 0 Å². The summed E-state index contributed by atoms with van der Waals surface area (Å²) in [4.78, 5) is 24.2. The number of carboxylic acid groups (broad SMARTS) is 2. The Balaban J connectivity index is 1.68. The standard InChI is InChI=1S/C44H82O7/c1-3-5-7-9-11-13-15-17-19-21-23-25-27-29-31-33-35-43(50-41(45)46)37-39-40(49-39)38-44(43,51-42(47)48)36-34-32-30-28-26-24-22-20-18-16-14-12-10-8-6-4-2/h39-40H,3-38H2,1-2H3,(H,45,46)(H,47,48). The van der Waals surface area contributed by atoms with Crippen molar-refractivity contribution < 1.29 is 34.0 Å². The number of hydrogen-bond acceptors (Lipinski definition) is 5. The number of epoxide rings is 1. The third-order valence-electron chi connectivity index (χ3n) is 12.0. The molecule has 2 fully saturated rings. The van der Waals surface area contributed by atoms with Gasteiger partial charge in [-0.15, -0.1) is 0 Å². The van der Waals surface area contributed by atoms with E-state index in [2.05, 4.69) is 13.8 Å². The van der Waals surface area contributed by atoms with Crippen molar-refractivity contribution in [2.75, 3.05) is 0 Å². The molecule has 0 aromatic carbocycles. The average molecular weight is 723 g/mol. The lowest BCUT2D eigenvalue weighted by atomic mass is 9.66. The van der Waals surface area contributed by atoms with Crippen LogP contribution in [0.3, 0.4) is 0 Å². The zero-order valence-electron chi connectivity index (χ0n) is 33.5. The first-order valence-electron chi connectivity index (χ1n) is 22.4. The predicted molar refractivity (Wildman–Crippen MR) is 210 cm³/mol. The Labute approximate surface area is 314 Å². The van der Waals surface area contributed by atoms with Gasteiger partial charge in [-0.3, -0.25) is 0 Å². The number of ether oxygens (including phenoxy) is 3. The zero-order chi connectivity index (χ0) is 36.9. The lowest BCUT2D eigenvalue weighted by Crippen LogP contribution is -2.62. The van der Waals surface area contributed by atoms with E-state index in [1.54, 1.807) is 0 Å². The molecule has 0 aromatic rings. The fourth-order valence-corrected chi connectivity index (χ4v) is 8.84. The zero-order valence-corrected chi connectivity index (χ0v) is 33.5. The van der Waals surface area contributed by atoms with E-state index < -0.39 is 23.5 Å². The van der Waals surface area contributed by atoms with Crippen LogP contribution in [0.1, 0.15) is 245 Å². The molecule has 0 spiro atoms. The molecule has 0 amide bonds. The monoisotopic (exact) mass is 723 g/mol. The van der Waals surface area contributed by atoms with Gasteiger partial charge in [-0.2, -0.15) is 0 Å². The number of fused-ring (bicyclic) bond motifs is 1. The van der Waals surface area contributed by atoms with Crippen molar-refractivity contribution in [3.63, 3.8) is 0 Å². The van der Waals surface area contributed by atoms with E-state index in [0.717, 1.165) is 38.5 Å². The molecular formula is C44H82O7. The average Bonchev–Trinajstić information content (AvgIpc) is 3.84. The summed E-state index contributed by atoms with van der Waals surface area (Å²) in [7, 11) is 0. The molecule has 2 rings (SSSR count). The van der Waals surface area contributed by atoms with E-state index in [0.29, 0.717) is 25.7 Å². The van der Waals surface area contributed by atoms with Crippen molar-refractivity contribution in [2.45, 2.75) is 268 Å². The van der Waals surface area contributed by atoms with E-state index in [9.17, 15) is 19.8 Å². The topological polar surface area (TPSA) is 106 Å². The van der Waals surface area contributed by atoms with Crippen LogP contribution in [0.2, 0.25) is 0 Å². The molecule has 1 aliphatic heterocycles. The molecule has 2 N–H and O–H groups in total. The Morgan fingerprint density at radius 1 is 0.431 bits per heavy atom. The summed E-state index contributed by atoms with van der Waals surface area (Å²) in [5.41, 5.74) is -2.39. The normalized spacial score (nSPS) is 22.5. The van der Waals surface area contributed by atoms with Gasteiger partial charge in [0.1, 0.15) is 0 Å². The van der Waals surface area contributed by atoms with Crippen LogP contribution >= 0.6 is 0 Å². The van der Waals surface area contributed by atoms with E-state index in [-0.39, 0.29) is 12.2 Å².